The number of amides is 2. The van der Waals surface area contributed by atoms with Crippen molar-refractivity contribution < 1.29 is 9.59 Å². The average molecular weight is 420 g/mol. The van der Waals surface area contributed by atoms with Gasteiger partial charge in [0.25, 0.3) is 0 Å². The number of aryl methyl sites for hydroxylation is 2. The highest BCUT2D eigenvalue weighted by Gasteiger charge is 2.28. The van der Waals surface area contributed by atoms with Crippen LogP contribution in [0, 0.1) is 13.8 Å². The summed E-state index contributed by atoms with van der Waals surface area (Å²) in [5.41, 5.74) is 5.13. The summed E-state index contributed by atoms with van der Waals surface area (Å²) in [5, 5.41) is 7.62. The lowest BCUT2D eigenvalue weighted by molar-refractivity contribution is -0.136. The summed E-state index contributed by atoms with van der Waals surface area (Å²) in [7, 11) is 0. The third kappa shape index (κ3) is 4.24. The quantitative estimate of drug-likeness (QED) is 0.609. The van der Waals surface area contributed by atoms with Crippen LogP contribution in [0.3, 0.4) is 0 Å². The summed E-state index contributed by atoms with van der Waals surface area (Å²) in [6.45, 7) is 5.12. The van der Waals surface area contributed by atoms with Crippen LogP contribution in [0.15, 0.2) is 60.0 Å². The van der Waals surface area contributed by atoms with Crippen molar-refractivity contribution in [1.82, 2.24) is 5.32 Å². The van der Waals surface area contributed by atoms with Crippen molar-refractivity contribution in [3.8, 4) is 0 Å². The van der Waals surface area contributed by atoms with E-state index in [1.807, 2.05) is 49.6 Å². The molecule has 0 saturated carbocycles. The number of carbonyl (C=O) groups is 2. The molecule has 2 heterocycles. The van der Waals surface area contributed by atoms with Gasteiger partial charge in [0, 0.05) is 29.3 Å². The predicted molar refractivity (Wildman–Crippen MR) is 122 cm³/mol. The largest absolute Gasteiger partial charge is 0.361 e. The molecule has 2 aromatic carbocycles. The number of rotatable bonds is 5. The normalized spacial score (nSPS) is 13.6. The lowest BCUT2D eigenvalue weighted by Gasteiger charge is -2.30. The minimum Gasteiger partial charge on any atom is -0.361 e. The summed E-state index contributed by atoms with van der Waals surface area (Å²) in [4.78, 5) is 28.5. The molecule has 1 aliphatic heterocycles. The molecule has 0 bridgehead atoms. The zero-order valence-electron chi connectivity index (χ0n) is 17.1. The zero-order chi connectivity index (χ0) is 21.1. The van der Waals surface area contributed by atoms with Crippen molar-refractivity contribution in [2.75, 3.05) is 23.3 Å². The van der Waals surface area contributed by atoms with E-state index in [2.05, 4.69) is 39.8 Å². The number of hydrogen-bond acceptors (Lipinski definition) is 4. The second kappa shape index (κ2) is 8.71. The molecule has 0 radical (unpaired) electrons. The Balaban J connectivity index is 1.46. The average Bonchev–Trinajstić information content (AvgIpc) is 3.41. The molecular weight excluding hydrogens is 394 g/mol. The molecule has 0 aliphatic carbocycles. The fraction of sp³-hybridized carbons (Fsp3) is 0.250. The summed E-state index contributed by atoms with van der Waals surface area (Å²) in [6, 6.07) is 18.2. The zero-order valence-corrected chi connectivity index (χ0v) is 18.0. The number of carbonyl (C=O) groups excluding carboxylic acids is 2. The Morgan fingerprint density at radius 2 is 1.90 bits per heavy atom. The Kier molecular flexibility index (Phi) is 5.86. The van der Waals surface area contributed by atoms with Crippen LogP contribution in [0.1, 0.15) is 27.6 Å². The van der Waals surface area contributed by atoms with Crippen LogP contribution in [-0.2, 0) is 16.0 Å². The van der Waals surface area contributed by atoms with Crippen LogP contribution in [0.25, 0.3) is 0 Å². The molecule has 2 N–H and O–H groups in total. The molecule has 0 saturated heterocycles. The van der Waals surface area contributed by atoms with Crippen LogP contribution in [0.4, 0.5) is 11.4 Å². The summed E-state index contributed by atoms with van der Waals surface area (Å²) in [6.07, 6.45) is 0.985. The molecule has 0 unspecified atom stereocenters. The molecule has 4 rings (SSSR count). The van der Waals surface area contributed by atoms with Crippen LogP contribution in [-0.4, -0.2) is 24.9 Å². The van der Waals surface area contributed by atoms with E-state index in [1.54, 1.807) is 11.3 Å². The number of nitrogens with zero attached hydrogens (tertiary/aromatic N) is 1. The van der Waals surface area contributed by atoms with Gasteiger partial charge in [-0.15, -0.1) is 11.3 Å². The molecule has 6 heteroatoms. The third-order valence-corrected chi connectivity index (χ3v) is 6.45. The van der Waals surface area contributed by atoms with Gasteiger partial charge in [0.1, 0.15) is 0 Å². The van der Waals surface area contributed by atoms with E-state index < -0.39 is 11.8 Å². The summed E-state index contributed by atoms with van der Waals surface area (Å²) in [5.74, 6) is -1.26. The van der Waals surface area contributed by atoms with E-state index in [0.717, 1.165) is 24.1 Å². The van der Waals surface area contributed by atoms with Crippen molar-refractivity contribution >= 4 is 34.5 Å². The SMILES string of the molecule is Cc1ccc(C)c(NC(=O)C(=O)NC[C@@H](c2cccs2)N2CCc3ccccc32)c1. The maximum absolute atomic E-state index is 12.5. The molecule has 2 amide bonds. The van der Waals surface area contributed by atoms with Crippen molar-refractivity contribution in [2.45, 2.75) is 26.3 Å². The van der Waals surface area contributed by atoms with E-state index in [-0.39, 0.29) is 6.04 Å². The van der Waals surface area contributed by atoms with Crippen molar-refractivity contribution in [2.24, 2.45) is 0 Å². The van der Waals surface area contributed by atoms with Gasteiger partial charge in [-0.2, -0.15) is 0 Å². The molecule has 0 spiro atoms. The number of benzene rings is 2. The minimum absolute atomic E-state index is 0.00824. The Labute approximate surface area is 180 Å². The first kappa shape index (κ1) is 20.2. The smallest absolute Gasteiger partial charge is 0.313 e. The monoisotopic (exact) mass is 419 g/mol. The van der Waals surface area contributed by atoms with E-state index in [4.69, 9.17) is 0 Å². The van der Waals surface area contributed by atoms with Gasteiger partial charge in [-0.3, -0.25) is 9.59 Å². The molecule has 30 heavy (non-hydrogen) atoms. The fourth-order valence-corrected chi connectivity index (χ4v) is 4.69. The Bertz CT molecular complexity index is 1060. The first-order valence-corrected chi connectivity index (χ1v) is 11.0. The third-order valence-electron chi connectivity index (χ3n) is 5.47. The van der Waals surface area contributed by atoms with E-state index >= 15 is 0 Å². The topological polar surface area (TPSA) is 61.4 Å². The van der Waals surface area contributed by atoms with Gasteiger partial charge in [-0.25, -0.2) is 0 Å². The fourth-order valence-electron chi connectivity index (χ4n) is 3.85. The Morgan fingerprint density at radius 1 is 1.07 bits per heavy atom. The lowest BCUT2D eigenvalue weighted by atomic mass is 10.1. The van der Waals surface area contributed by atoms with Gasteiger partial charge in [0.05, 0.1) is 6.04 Å². The van der Waals surface area contributed by atoms with Gasteiger partial charge >= 0.3 is 11.8 Å². The second-order valence-electron chi connectivity index (χ2n) is 7.59. The van der Waals surface area contributed by atoms with Crippen LogP contribution >= 0.6 is 11.3 Å². The minimum atomic E-state index is -0.643. The number of fused-ring (bicyclic) bond motifs is 1. The predicted octanol–water partition coefficient (Wildman–Crippen LogP) is 4.22. The second-order valence-corrected chi connectivity index (χ2v) is 8.57. The van der Waals surface area contributed by atoms with Crippen LogP contribution in [0.5, 0.6) is 0 Å². The van der Waals surface area contributed by atoms with Gasteiger partial charge < -0.3 is 15.5 Å². The van der Waals surface area contributed by atoms with Gasteiger partial charge in [0.2, 0.25) is 0 Å². The van der Waals surface area contributed by atoms with Crippen molar-refractivity contribution in [3.63, 3.8) is 0 Å². The first-order chi connectivity index (χ1) is 14.5. The number of anilines is 2. The maximum atomic E-state index is 12.5. The van der Waals surface area contributed by atoms with Gasteiger partial charge in [0.15, 0.2) is 0 Å². The van der Waals surface area contributed by atoms with Crippen molar-refractivity contribution in [1.29, 1.82) is 0 Å². The van der Waals surface area contributed by atoms with Crippen LogP contribution in [0.2, 0.25) is 0 Å². The molecule has 154 valence electrons. The van der Waals surface area contributed by atoms with E-state index in [1.165, 1.54) is 16.1 Å². The van der Waals surface area contributed by atoms with Gasteiger partial charge in [-0.1, -0.05) is 36.4 Å². The molecule has 1 aromatic heterocycles. The number of nitrogens with one attached hydrogen (secondary N) is 2. The van der Waals surface area contributed by atoms with E-state index in [9.17, 15) is 9.59 Å². The highest BCUT2D eigenvalue weighted by atomic mass is 32.1. The summed E-state index contributed by atoms with van der Waals surface area (Å²) >= 11 is 1.67. The lowest BCUT2D eigenvalue weighted by Crippen LogP contribution is -2.41. The number of hydrogen-bond donors (Lipinski definition) is 2. The maximum Gasteiger partial charge on any atom is 0.313 e. The molecule has 3 aromatic rings. The molecule has 5 nitrogen and oxygen atoms in total. The number of para-hydroxylation sites is 1. The number of thiophene rings is 1. The summed E-state index contributed by atoms with van der Waals surface area (Å²) < 4.78 is 0. The highest BCUT2D eigenvalue weighted by molar-refractivity contribution is 7.10. The molecule has 1 aliphatic rings. The molecule has 1 atom stereocenters. The Hall–Kier alpha value is -3.12. The van der Waals surface area contributed by atoms with Crippen LogP contribution < -0.4 is 15.5 Å². The standard InChI is InChI=1S/C24H25N3O2S/c1-16-9-10-17(2)19(14-16)26-24(29)23(28)25-15-21(22-8-5-13-30-22)27-12-11-18-6-3-4-7-20(18)27/h3-10,13-14,21H,11-12,15H2,1-2H3,(H,25,28)(H,26,29)/t21-/m0/s1. The Morgan fingerprint density at radius 3 is 2.70 bits per heavy atom. The first-order valence-electron chi connectivity index (χ1n) is 10.1. The highest BCUT2D eigenvalue weighted by Crippen LogP contribution is 2.36. The van der Waals surface area contributed by atoms with Gasteiger partial charge in [-0.05, 0) is 60.5 Å². The molecular formula is C24H25N3O2S. The van der Waals surface area contributed by atoms with Crippen molar-refractivity contribution in [3.05, 3.63) is 81.5 Å². The van der Waals surface area contributed by atoms with E-state index in [0.29, 0.717) is 12.2 Å². The molecule has 0 fully saturated rings.